The summed E-state index contributed by atoms with van der Waals surface area (Å²) in [5.41, 5.74) is 1.26. The summed E-state index contributed by atoms with van der Waals surface area (Å²) in [4.78, 5) is 6.98. The molecule has 0 spiro atoms. The van der Waals surface area contributed by atoms with Gasteiger partial charge in [-0.3, -0.25) is 0 Å². The third-order valence-electron chi connectivity index (χ3n) is 3.74. The quantitative estimate of drug-likeness (QED) is 0.841. The van der Waals surface area contributed by atoms with E-state index in [1.807, 2.05) is 6.20 Å². The number of piperidine rings is 1. The van der Waals surface area contributed by atoms with Crippen molar-refractivity contribution >= 4 is 21.7 Å². The highest BCUT2D eigenvalue weighted by Crippen LogP contribution is 2.24. The van der Waals surface area contributed by atoms with Crippen molar-refractivity contribution in [3.8, 4) is 0 Å². The molecule has 4 heteroatoms. The molecule has 0 aliphatic carbocycles. The molecule has 1 unspecified atom stereocenters. The van der Waals surface area contributed by atoms with Crippen LogP contribution < -0.4 is 10.2 Å². The van der Waals surface area contributed by atoms with E-state index in [1.165, 1.54) is 24.8 Å². The van der Waals surface area contributed by atoms with Crippen molar-refractivity contribution in [2.45, 2.75) is 33.1 Å². The van der Waals surface area contributed by atoms with Gasteiger partial charge in [0.25, 0.3) is 0 Å². The first-order valence-electron chi connectivity index (χ1n) is 7.28. The number of nitrogens with zero attached hydrogens (tertiary/aromatic N) is 2. The second kappa shape index (κ2) is 7.25. The summed E-state index contributed by atoms with van der Waals surface area (Å²) in [5.74, 6) is 1.88. The van der Waals surface area contributed by atoms with Crippen molar-refractivity contribution in [3.63, 3.8) is 0 Å². The molecular weight excluding hydrogens is 302 g/mol. The molecule has 1 N–H and O–H groups in total. The van der Waals surface area contributed by atoms with Gasteiger partial charge < -0.3 is 10.2 Å². The van der Waals surface area contributed by atoms with Gasteiger partial charge in [0, 0.05) is 23.8 Å². The van der Waals surface area contributed by atoms with E-state index in [0.29, 0.717) is 0 Å². The zero-order valence-corrected chi connectivity index (χ0v) is 13.5. The number of halogens is 1. The van der Waals surface area contributed by atoms with Crippen molar-refractivity contribution in [1.29, 1.82) is 0 Å². The summed E-state index contributed by atoms with van der Waals surface area (Å²) in [6.45, 7) is 8.88. The lowest BCUT2D eigenvalue weighted by Gasteiger charge is -2.34. The molecule has 106 valence electrons. The summed E-state index contributed by atoms with van der Waals surface area (Å²) in [6, 6.07) is 2.19. The highest BCUT2D eigenvalue weighted by molar-refractivity contribution is 9.10. The van der Waals surface area contributed by atoms with Crippen LogP contribution in [-0.2, 0) is 0 Å². The molecule has 3 nitrogen and oxygen atoms in total. The molecule has 1 aliphatic rings. The first-order chi connectivity index (χ1) is 9.20. The lowest BCUT2D eigenvalue weighted by Crippen LogP contribution is -2.40. The van der Waals surface area contributed by atoms with Crippen molar-refractivity contribution < 1.29 is 0 Å². The van der Waals surface area contributed by atoms with Gasteiger partial charge in [-0.1, -0.05) is 6.92 Å². The average molecular weight is 326 g/mol. The van der Waals surface area contributed by atoms with Gasteiger partial charge in [-0.25, -0.2) is 4.98 Å². The van der Waals surface area contributed by atoms with E-state index >= 15 is 0 Å². The van der Waals surface area contributed by atoms with E-state index in [4.69, 9.17) is 0 Å². The molecule has 1 aromatic rings. The molecule has 0 aromatic carbocycles. The van der Waals surface area contributed by atoms with E-state index in [1.54, 1.807) is 0 Å². The third kappa shape index (κ3) is 4.18. The summed E-state index contributed by atoms with van der Waals surface area (Å²) < 4.78 is 1.09. The maximum Gasteiger partial charge on any atom is 0.128 e. The van der Waals surface area contributed by atoms with Gasteiger partial charge in [0.1, 0.15) is 5.82 Å². The van der Waals surface area contributed by atoms with Gasteiger partial charge in [-0.2, -0.15) is 0 Å². The molecule has 2 rings (SSSR count). The number of anilines is 1. The van der Waals surface area contributed by atoms with Crippen LogP contribution in [0.1, 0.15) is 31.7 Å². The molecule has 19 heavy (non-hydrogen) atoms. The van der Waals surface area contributed by atoms with Crippen LogP contribution in [0.25, 0.3) is 0 Å². The van der Waals surface area contributed by atoms with Crippen molar-refractivity contribution in [2.75, 3.05) is 31.1 Å². The van der Waals surface area contributed by atoms with Crippen LogP contribution in [0, 0.1) is 12.8 Å². The predicted octanol–water partition coefficient (Wildman–Crippen LogP) is 3.37. The van der Waals surface area contributed by atoms with E-state index < -0.39 is 0 Å². The molecule has 0 amide bonds. The van der Waals surface area contributed by atoms with Gasteiger partial charge in [0.15, 0.2) is 0 Å². The second-order valence-electron chi connectivity index (χ2n) is 5.45. The number of nitrogens with one attached hydrogen (secondary N) is 1. The Bertz CT molecular complexity index is 408. The monoisotopic (exact) mass is 325 g/mol. The molecule has 1 atom stereocenters. The minimum atomic E-state index is 0.756. The third-order valence-corrected chi connectivity index (χ3v) is 4.57. The SMILES string of the molecule is CCCNCC1CCCN(c2cc(C)c(Br)cn2)C1. The minimum absolute atomic E-state index is 0.756. The Morgan fingerprint density at radius 3 is 3.11 bits per heavy atom. The Balaban J connectivity index is 1.94. The Morgan fingerprint density at radius 1 is 1.53 bits per heavy atom. The van der Waals surface area contributed by atoms with Gasteiger partial charge >= 0.3 is 0 Å². The van der Waals surface area contributed by atoms with Gasteiger partial charge in [-0.15, -0.1) is 0 Å². The summed E-state index contributed by atoms with van der Waals surface area (Å²) >= 11 is 3.52. The molecule has 0 saturated carbocycles. The van der Waals surface area contributed by atoms with E-state index in [-0.39, 0.29) is 0 Å². The molecule has 0 bridgehead atoms. The fourth-order valence-corrected chi connectivity index (χ4v) is 2.84. The first kappa shape index (κ1) is 14.8. The molecule has 1 saturated heterocycles. The first-order valence-corrected chi connectivity index (χ1v) is 8.07. The maximum atomic E-state index is 4.55. The average Bonchev–Trinajstić information content (AvgIpc) is 2.43. The standard InChI is InChI=1S/C15H24BrN3/c1-3-6-17-9-13-5-4-7-19(11-13)15-8-12(2)14(16)10-18-15/h8,10,13,17H,3-7,9,11H2,1-2H3. The van der Waals surface area contributed by atoms with Gasteiger partial charge in [0.05, 0.1) is 0 Å². The molecule has 1 fully saturated rings. The van der Waals surface area contributed by atoms with Crippen molar-refractivity contribution in [1.82, 2.24) is 10.3 Å². The van der Waals surface area contributed by atoms with Crippen LogP contribution >= 0.6 is 15.9 Å². The summed E-state index contributed by atoms with van der Waals surface area (Å²) in [6.07, 6.45) is 5.74. The molecule has 0 radical (unpaired) electrons. The molecule has 2 heterocycles. The number of hydrogen-bond acceptors (Lipinski definition) is 3. The number of pyridine rings is 1. The van der Waals surface area contributed by atoms with Crippen molar-refractivity contribution in [2.24, 2.45) is 5.92 Å². The van der Waals surface area contributed by atoms with Crippen LogP contribution in [0.3, 0.4) is 0 Å². The van der Waals surface area contributed by atoms with E-state index in [9.17, 15) is 0 Å². The normalized spacial score (nSPS) is 19.7. The fourth-order valence-electron chi connectivity index (χ4n) is 2.62. The fraction of sp³-hybridized carbons (Fsp3) is 0.667. The van der Waals surface area contributed by atoms with E-state index in [2.05, 4.69) is 51.0 Å². The van der Waals surface area contributed by atoms with Crippen LogP contribution in [0.4, 0.5) is 5.82 Å². The summed E-state index contributed by atoms with van der Waals surface area (Å²) in [5, 5.41) is 3.54. The number of hydrogen-bond donors (Lipinski definition) is 1. The highest BCUT2D eigenvalue weighted by Gasteiger charge is 2.20. The molecular formula is C15H24BrN3. The van der Waals surface area contributed by atoms with Crippen LogP contribution in [-0.4, -0.2) is 31.2 Å². The second-order valence-corrected chi connectivity index (χ2v) is 6.30. The number of aryl methyl sites for hydroxylation is 1. The van der Waals surface area contributed by atoms with Gasteiger partial charge in [0.2, 0.25) is 0 Å². The van der Waals surface area contributed by atoms with Gasteiger partial charge in [-0.05, 0) is 72.8 Å². The predicted molar refractivity (Wildman–Crippen MR) is 84.8 cm³/mol. The Kier molecular flexibility index (Phi) is 5.64. The minimum Gasteiger partial charge on any atom is -0.356 e. The largest absolute Gasteiger partial charge is 0.356 e. The topological polar surface area (TPSA) is 28.2 Å². The molecule has 1 aliphatic heterocycles. The number of rotatable bonds is 5. The maximum absolute atomic E-state index is 4.55. The lowest BCUT2D eigenvalue weighted by molar-refractivity contribution is 0.391. The lowest BCUT2D eigenvalue weighted by atomic mass is 9.98. The van der Waals surface area contributed by atoms with Crippen LogP contribution in [0.5, 0.6) is 0 Å². The Hall–Kier alpha value is -0.610. The Labute approximate surface area is 124 Å². The zero-order chi connectivity index (χ0) is 13.7. The number of aromatic nitrogens is 1. The zero-order valence-electron chi connectivity index (χ0n) is 12.0. The molecule has 1 aromatic heterocycles. The van der Waals surface area contributed by atoms with Crippen LogP contribution in [0.2, 0.25) is 0 Å². The summed E-state index contributed by atoms with van der Waals surface area (Å²) in [7, 11) is 0. The Morgan fingerprint density at radius 2 is 2.37 bits per heavy atom. The smallest absolute Gasteiger partial charge is 0.128 e. The van der Waals surface area contributed by atoms with E-state index in [0.717, 1.165) is 42.4 Å². The van der Waals surface area contributed by atoms with Crippen LogP contribution in [0.15, 0.2) is 16.7 Å². The highest BCUT2D eigenvalue weighted by atomic mass is 79.9. The van der Waals surface area contributed by atoms with Crippen molar-refractivity contribution in [3.05, 3.63) is 22.3 Å².